The van der Waals surface area contributed by atoms with E-state index in [0.717, 1.165) is 12.1 Å². The molecule has 0 radical (unpaired) electrons. The van der Waals surface area contributed by atoms with Crippen LogP contribution in [0.1, 0.15) is 5.56 Å². The van der Waals surface area contributed by atoms with Crippen molar-refractivity contribution in [3.8, 4) is 0 Å². The van der Waals surface area contributed by atoms with Gasteiger partial charge in [-0.2, -0.15) is 13.2 Å². The quantitative estimate of drug-likeness (QED) is 0.762. The Labute approximate surface area is 91.2 Å². The molecule has 0 amide bonds. The zero-order valence-electron chi connectivity index (χ0n) is 7.24. The Balaban J connectivity index is 2.87. The lowest BCUT2D eigenvalue weighted by atomic mass is 10.1. The fourth-order valence-electron chi connectivity index (χ4n) is 0.938. The first-order valence-electron chi connectivity index (χ1n) is 3.84. The topological polar surface area (TPSA) is 17.1 Å². The van der Waals surface area contributed by atoms with Crippen molar-refractivity contribution in [1.82, 2.24) is 0 Å². The molecule has 0 fully saturated rings. The molecule has 0 saturated heterocycles. The molecule has 0 bridgehead atoms. The molecule has 0 spiro atoms. The van der Waals surface area contributed by atoms with E-state index in [2.05, 4.69) is 15.9 Å². The van der Waals surface area contributed by atoms with Crippen LogP contribution in [0.2, 0.25) is 0 Å². The summed E-state index contributed by atoms with van der Waals surface area (Å²) in [5.74, 6) is -2.79. The third-order valence-corrected chi connectivity index (χ3v) is 2.18. The number of hydrogen-bond acceptors (Lipinski definition) is 1. The van der Waals surface area contributed by atoms with E-state index in [1.165, 1.54) is 6.07 Å². The first kappa shape index (κ1) is 12.2. The molecular formula is C9H5BrF4O. The van der Waals surface area contributed by atoms with Gasteiger partial charge in [0.15, 0.2) is 0 Å². The zero-order chi connectivity index (χ0) is 11.6. The fourth-order valence-corrected chi connectivity index (χ4v) is 1.27. The van der Waals surface area contributed by atoms with Crippen molar-refractivity contribution < 1.29 is 22.4 Å². The minimum atomic E-state index is -4.92. The van der Waals surface area contributed by atoms with Crippen LogP contribution in [0.5, 0.6) is 0 Å². The van der Waals surface area contributed by atoms with E-state index in [1.54, 1.807) is 0 Å². The van der Waals surface area contributed by atoms with E-state index in [4.69, 9.17) is 0 Å². The maximum atomic E-state index is 13.0. The summed E-state index contributed by atoms with van der Waals surface area (Å²) in [4.78, 5) is 10.6. The lowest BCUT2D eigenvalue weighted by molar-refractivity contribution is -0.170. The lowest BCUT2D eigenvalue weighted by Gasteiger charge is -2.06. The van der Waals surface area contributed by atoms with Gasteiger partial charge < -0.3 is 0 Å². The van der Waals surface area contributed by atoms with Crippen molar-refractivity contribution in [3.05, 3.63) is 34.1 Å². The first-order chi connectivity index (χ1) is 6.80. The van der Waals surface area contributed by atoms with Gasteiger partial charge in [-0.1, -0.05) is 22.0 Å². The number of alkyl halides is 3. The third-order valence-electron chi connectivity index (χ3n) is 1.68. The average Bonchev–Trinajstić information content (AvgIpc) is 2.08. The lowest BCUT2D eigenvalue weighted by Crippen LogP contribution is -2.24. The molecule has 1 nitrogen and oxygen atoms in total. The van der Waals surface area contributed by atoms with Crippen LogP contribution in [-0.2, 0) is 11.2 Å². The van der Waals surface area contributed by atoms with Gasteiger partial charge in [-0.25, -0.2) is 4.39 Å². The molecule has 0 aromatic heterocycles. The highest BCUT2D eigenvalue weighted by Crippen LogP contribution is 2.21. The maximum absolute atomic E-state index is 13.0. The Morgan fingerprint density at radius 2 is 1.93 bits per heavy atom. The molecule has 0 atom stereocenters. The van der Waals surface area contributed by atoms with Gasteiger partial charge in [0, 0.05) is 10.9 Å². The van der Waals surface area contributed by atoms with Crippen LogP contribution in [0.4, 0.5) is 17.6 Å². The molecule has 1 aromatic rings. The number of carbonyl (C=O) groups excluding carboxylic acids is 1. The molecule has 0 aliphatic heterocycles. The number of benzene rings is 1. The summed E-state index contributed by atoms with van der Waals surface area (Å²) in [6.07, 6.45) is -5.89. The highest BCUT2D eigenvalue weighted by molar-refractivity contribution is 9.10. The van der Waals surface area contributed by atoms with Gasteiger partial charge in [-0.05, 0) is 17.7 Å². The SMILES string of the molecule is O=C(Cc1ccc(Br)cc1F)C(F)(F)F. The van der Waals surface area contributed by atoms with E-state index < -0.39 is 24.2 Å². The Morgan fingerprint density at radius 3 is 2.40 bits per heavy atom. The number of carbonyl (C=O) groups is 1. The van der Waals surface area contributed by atoms with E-state index in [1.807, 2.05) is 0 Å². The second-order valence-electron chi connectivity index (χ2n) is 2.83. The van der Waals surface area contributed by atoms with Crippen molar-refractivity contribution in [3.63, 3.8) is 0 Å². The summed E-state index contributed by atoms with van der Waals surface area (Å²) >= 11 is 2.95. The van der Waals surface area contributed by atoms with Gasteiger partial charge in [0.1, 0.15) is 5.82 Å². The summed E-state index contributed by atoms with van der Waals surface area (Å²) in [7, 11) is 0. The summed E-state index contributed by atoms with van der Waals surface area (Å²) < 4.78 is 49.0. The highest BCUT2D eigenvalue weighted by Gasteiger charge is 2.38. The Hall–Kier alpha value is -0.910. The molecule has 0 unspecified atom stereocenters. The number of hydrogen-bond donors (Lipinski definition) is 0. The van der Waals surface area contributed by atoms with Crippen molar-refractivity contribution in [2.75, 3.05) is 0 Å². The van der Waals surface area contributed by atoms with Crippen LogP contribution in [0.25, 0.3) is 0 Å². The maximum Gasteiger partial charge on any atom is 0.450 e. The number of rotatable bonds is 2. The van der Waals surface area contributed by atoms with Gasteiger partial charge in [0.05, 0.1) is 0 Å². The molecule has 15 heavy (non-hydrogen) atoms. The van der Waals surface area contributed by atoms with Gasteiger partial charge in [-0.15, -0.1) is 0 Å². The van der Waals surface area contributed by atoms with E-state index >= 15 is 0 Å². The molecule has 0 heterocycles. The van der Waals surface area contributed by atoms with Crippen LogP contribution in [0.3, 0.4) is 0 Å². The third kappa shape index (κ3) is 3.30. The number of ketones is 1. The smallest absolute Gasteiger partial charge is 0.289 e. The first-order valence-corrected chi connectivity index (χ1v) is 4.64. The van der Waals surface area contributed by atoms with Gasteiger partial charge in [0.25, 0.3) is 0 Å². The Kier molecular flexibility index (Phi) is 3.49. The van der Waals surface area contributed by atoms with Crippen LogP contribution in [0, 0.1) is 5.82 Å². The number of Topliss-reactive ketones (excluding diaryl/α,β-unsaturated/α-hetero) is 1. The monoisotopic (exact) mass is 284 g/mol. The predicted molar refractivity (Wildman–Crippen MR) is 48.9 cm³/mol. The largest absolute Gasteiger partial charge is 0.450 e. The normalized spacial score (nSPS) is 11.5. The minimum Gasteiger partial charge on any atom is -0.289 e. The molecular weight excluding hydrogens is 280 g/mol. The molecule has 0 aliphatic carbocycles. The molecule has 0 saturated carbocycles. The standard InChI is InChI=1S/C9H5BrF4O/c10-6-2-1-5(7(11)4-6)3-8(15)9(12,13)14/h1-2,4H,3H2. The van der Waals surface area contributed by atoms with Crippen LogP contribution < -0.4 is 0 Å². The molecule has 82 valence electrons. The second-order valence-corrected chi connectivity index (χ2v) is 3.75. The Bertz CT molecular complexity index is 386. The number of halogens is 5. The van der Waals surface area contributed by atoms with Crippen molar-refractivity contribution >= 4 is 21.7 Å². The van der Waals surface area contributed by atoms with Crippen LogP contribution in [0.15, 0.2) is 22.7 Å². The predicted octanol–water partition coefficient (Wildman–Crippen LogP) is 3.26. The summed E-state index contributed by atoms with van der Waals surface area (Å²) in [6, 6.07) is 3.53. The second kappa shape index (κ2) is 4.30. The minimum absolute atomic E-state index is 0.263. The molecule has 6 heteroatoms. The summed E-state index contributed by atoms with van der Waals surface area (Å²) in [5.41, 5.74) is -0.263. The van der Waals surface area contributed by atoms with E-state index in [-0.39, 0.29) is 5.56 Å². The molecule has 1 aromatic carbocycles. The molecule has 0 aliphatic rings. The van der Waals surface area contributed by atoms with Crippen molar-refractivity contribution in [2.24, 2.45) is 0 Å². The van der Waals surface area contributed by atoms with Gasteiger partial charge >= 0.3 is 6.18 Å². The Morgan fingerprint density at radius 1 is 1.33 bits per heavy atom. The summed E-state index contributed by atoms with van der Waals surface area (Å²) in [5, 5.41) is 0. The summed E-state index contributed by atoms with van der Waals surface area (Å²) in [6.45, 7) is 0. The fraction of sp³-hybridized carbons (Fsp3) is 0.222. The van der Waals surface area contributed by atoms with E-state index in [0.29, 0.717) is 4.47 Å². The van der Waals surface area contributed by atoms with Gasteiger partial charge in [-0.3, -0.25) is 4.79 Å². The highest BCUT2D eigenvalue weighted by atomic mass is 79.9. The van der Waals surface area contributed by atoms with E-state index in [9.17, 15) is 22.4 Å². The van der Waals surface area contributed by atoms with Crippen LogP contribution in [-0.4, -0.2) is 12.0 Å². The van der Waals surface area contributed by atoms with Gasteiger partial charge in [0.2, 0.25) is 5.78 Å². The van der Waals surface area contributed by atoms with Crippen molar-refractivity contribution in [2.45, 2.75) is 12.6 Å². The van der Waals surface area contributed by atoms with Crippen molar-refractivity contribution in [1.29, 1.82) is 0 Å². The average molecular weight is 285 g/mol. The van der Waals surface area contributed by atoms with Crippen LogP contribution >= 0.6 is 15.9 Å². The zero-order valence-corrected chi connectivity index (χ0v) is 8.82. The molecule has 1 rings (SSSR count). The molecule has 0 N–H and O–H groups in total.